The van der Waals surface area contributed by atoms with Crippen molar-refractivity contribution in [2.75, 3.05) is 13.1 Å². The molecular weight excluding hydrogens is 398 g/mol. The van der Waals surface area contributed by atoms with Crippen molar-refractivity contribution in [1.29, 1.82) is 0 Å². The molecule has 0 fully saturated rings. The van der Waals surface area contributed by atoms with Gasteiger partial charge in [-0.15, -0.1) is 12.4 Å². The van der Waals surface area contributed by atoms with Crippen LogP contribution in [0.15, 0.2) is 0 Å². The third kappa shape index (κ3) is 26.4. The van der Waals surface area contributed by atoms with Crippen LogP contribution < -0.4 is 0 Å². The van der Waals surface area contributed by atoms with E-state index in [1.54, 1.807) is 0 Å². The SMILES string of the molecule is CCCCCCCCCCCCCCCCN(CCCCCCCCCC)C(C)C.Cl. The molecule has 0 aromatic rings. The summed E-state index contributed by atoms with van der Waals surface area (Å²) in [7, 11) is 0. The quantitative estimate of drug-likeness (QED) is 0.123. The van der Waals surface area contributed by atoms with Crippen LogP contribution in [-0.2, 0) is 0 Å². The number of hydrogen-bond donors (Lipinski definition) is 0. The summed E-state index contributed by atoms with van der Waals surface area (Å²) in [6.07, 6.45) is 31.9. The maximum Gasteiger partial charge on any atom is 0.00385 e. The van der Waals surface area contributed by atoms with Crippen molar-refractivity contribution in [2.45, 2.75) is 175 Å². The first-order valence-corrected chi connectivity index (χ1v) is 14.5. The topological polar surface area (TPSA) is 3.24 Å². The highest BCUT2D eigenvalue weighted by Crippen LogP contribution is 2.14. The maximum absolute atomic E-state index is 2.73. The monoisotopic (exact) mass is 459 g/mol. The third-order valence-electron chi connectivity index (χ3n) is 6.83. The van der Waals surface area contributed by atoms with Crippen molar-refractivity contribution in [3.63, 3.8) is 0 Å². The number of nitrogens with zero attached hydrogens (tertiary/aromatic N) is 1. The van der Waals surface area contributed by atoms with Crippen LogP contribution in [0.4, 0.5) is 0 Å². The molecule has 0 aliphatic carbocycles. The predicted molar refractivity (Wildman–Crippen MR) is 147 cm³/mol. The first kappa shape index (κ1) is 33.4. The second kappa shape index (κ2) is 28.3. The molecular formula is C29H62ClN. The molecule has 0 saturated carbocycles. The molecule has 2 heteroatoms. The van der Waals surface area contributed by atoms with Crippen molar-refractivity contribution in [2.24, 2.45) is 0 Å². The van der Waals surface area contributed by atoms with E-state index >= 15 is 0 Å². The van der Waals surface area contributed by atoms with Gasteiger partial charge in [-0.1, -0.05) is 142 Å². The highest BCUT2D eigenvalue weighted by Gasteiger charge is 2.08. The molecule has 0 saturated heterocycles. The van der Waals surface area contributed by atoms with E-state index < -0.39 is 0 Å². The average Bonchev–Trinajstić information content (AvgIpc) is 2.74. The van der Waals surface area contributed by atoms with Crippen molar-refractivity contribution in [1.82, 2.24) is 4.90 Å². The highest BCUT2D eigenvalue weighted by atomic mass is 35.5. The Balaban J connectivity index is 0. The summed E-state index contributed by atoms with van der Waals surface area (Å²) in [4.78, 5) is 2.73. The number of rotatable bonds is 25. The lowest BCUT2D eigenvalue weighted by atomic mass is 10.0. The first-order valence-electron chi connectivity index (χ1n) is 14.5. The minimum Gasteiger partial charge on any atom is -0.301 e. The largest absolute Gasteiger partial charge is 0.301 e. The predicted octanol–water partition coefficient (Wildman–Crippen LogP) is 10.7. The maximum atomic E-state index is 2.73. The Labute approximate surface area is 205 Å². The van der Waals surface area contributed by atoms with Gasteiger partial charge in [0.25, 0.3) is 0 Å². The molecule has 1 nitrogen and oxygen atoms in total. The molecule has 0 spiro atoms. The Morgan fingerprint density at radius 2 is 0.613 bits per heavy atom. The second-order valence-corrected chi connectivity index (χ2v) is 10.2. The standard InChI is InChI=1S/C29H61N.ClH/c1-5-7-9-11-13-15-16-17-18-19-20-22-24-26-28-30(29(3)4)27-25-23-21-14-12-10-8-6-2;/h29H,5-28H2,1-4H3;1H. The number of hydrogen-bond acceptors (Lipinski definition) is 1. The van der Waals surface area contributed by atoms with Crippen LogP contribution in [0, 0.1) is 0 Å². The fourth-order valence-corrected chi connectivity index (χ4v) is 4.59. The zero-order valence-electron chi connectivity index (χ0n) is 22.4. The summed E-state index contributed by atoms with van der Waals surface area (Å²) in [6, 6.07) is 0.719. The molecule has 0 unspecified atom stereocenters. The Hall–Kier alpha value is 0.250. The van der Waals surface area contributed by atoms with Crippen LogP contribution in [0.3, 0.4) is 0 Å². The second-order valence-electron chi connectivity index (χ2n) is 10.2. The Morgan fingerprint density at radius 3 is 0.839 bits per heavy atom. The third-order valence-corrected chi connectivity index (χ3v) is 6.83. The van der Waals surface area contributed by atoms with Gasteiger partial charge < -0.3 is 4.90 Å². The van der Waals surface area contributed by atoms with E-state index in [0.29, 0.717) is 0 Å². The van der Waals surface area contributed by atoms with E-state index in [-0.39, 0.29) is 12.4 Å². The fourth-order valence-electron chi connectivity index (χ4n) is 4.59. The molecule has 0 radical (unpaired) electrons. The van der Waals surface area contributed by atoms with Gasteiger partial charge in [-0.05, 0) is 39.8 Å². The highest BCUT2D eigenvalue weighted by molar-refractivity contribution is 5.85. The van der Waals surface area contributed by atoms with Crippen LogP contribution in [0.1, 0.15) is 169 Å². The van der Waals surface area contributed by atoms with Gasteiger partial charge in [-0.25, -0.2) is 0 Å². The van der Waals surface area contributed by atoms with Crippen molar-refractivity contribution < 1.29 is 0 Å². The van der Waals surface area contributed by atoms with Gasteiger partial charge in [0.05, 0.1) is 0 Å². The average molecular weight is 460 g/mol. The van der Waals surface area contributed by atoms with Crippen LogP contribution >= 0.6 is 12.4 Å². The van der Waals surface area contributed by atoms with Gasteiger partial charge >= 0.3 is 0 Å². The Bertz CT molecular complexity index is 305. The van der Waals surface area contributed by atoms with Gasteiger partial charge in [0.15, 0.2) is 0 Å². The fraction of sp³-hybridized carbons (Fsp3) is 1.00. The van der Waals surface area contributed by atoms with Gasteiger partial charge in [0.2, 0.25) is 0 Å². The molecule has 0 aliphatic rings. The molecule has 0 aromatic carbocycles. The summed E-state index contributed by atoms with van der Waals surface area (Å²) in [6.45, 7) is 12.0. The van der Waals surface area contributed by atoms with E-state index in [4.69, 9.17) is 0 Å². The summed E-state index contributed by atoms with van der Waals surface area (Å²) < 4.78 is 0. The van der Waals surface area contributed by atoms with Crippen LogP contribution in [0.25, 0.3) is 0 Å². The normalized spacial score (nSPS) is 11.4. The van der Waals surface area contributed by atoms with E-state index in [1.165, 1.54) is 154 Å². The van der Waals surface area contributed by atoms with Crippen LogP contribution in [-0.4, -0.2) is 24.0 Å². The summed E-state index contributed by atoms with van der Waals surface area (Å²) in [5.41, 5.74) is 0. The molecule has 0 bridgehead atoms. The van der Waals surface area contributed by atoms with Crippen molar-refractivity contribution >= 4 is 12.4 Å². The molecule has 0 amide bonds. The lowest BCUT2D eigenvalue weighted by molar-refractivity contribution is 0.211. The van der Waals surface area contributed by atoms with E-state index in [1.807, 2.05) is 0 Å². The molecule has 190 valence electrons. The van der Waals surface area contributed by atoms with Crippen LogP contribution in [0.2, 0.25) is 0 Å². The molecule has 0 atom stereocenters. The van der Waals surface area contributed by atoms with E-state index in [9.17, 15) is 0 Å². The van der Waals surface area contributed by atoms with Crippen LogP contribution in [0.5, 0.6) is 0 Å². The molecule has 0 aliphatic heterocycles. The number of unbranched alkanes of at least 4 members (excludes halogenated alkanes) is 20. The lowest BCUT2D eigenvalue weighted by Gasteiger charge is -2.26. The molecule has 0 rings (SSSR count). The van der Waals surface area contributed by atoms with Crippen molar-refractivity contribution in [3.05, 3.63) is 0 Å². The molecule has 0 aromatic heterocycles. The number of halogens is 1. The van der Waals surface area contributed by atoms with Gasteiger partial charge in [0.1, 0.15) is 0 Å². The molecule has 0 heterocycles. The van der Waals surface area contributed by atoms with E-state index in [2.05, 4.69) is 32.6 Å². The Kier molecular flexibility index (Phi) is 30.5. The van der Waals surface area contributed by atoms with Gasteiger partial charge in [-0.2, -0.15) is 0 Å². The zero-order valence-corrected chi connectivity index (χ0v) is 23.2. The summed E-state index contributed by atoms with van der Waals surface area (Å²) >= 11 is 0. The van der Waals surface area contributed by atoms with Crippen molar-refractivity contribution in [3.8, 4) is 0 Å². The minimum absolute atomic E-state index is 0. The van der Waals surface area contributed by atoms with Gasteiger partial charge in [0, 0.05) is 6.04 Å². The molecule has 0 N–H and O–H groups in total. The molecule has 31 heavy (non-hydrogen) atoms. The smallest absolute Gasteiger partial charge is 0.00385 e. The van der Waals surface area contributed by atoms with E-state index in [0.717, 1.165) is 6.04 Å². The summed E-state index contributed by atoms with van der Waals surface area (Å²) in [5.74, 6) is 0. The Morgan fingerprint density at radius 1 is 0.387 bits per heavy atom. The zero-order chi connectivity index (χ0) is 22.1. The minimum atomic E-state index is 0. The lowest BCUT2D eigenvalue weighted by Crippen LogP contribution is -2.32. The first-order chi connectivity index (χ1) is 14.7. The van der Waals surface area contributed by atoms with Gasteiger partial charge in [-0.3, -0.25) is 0 Å². The summed E-state index contributed by atoms with van der Waals surface area (Å²) in [5, 5.41) is 0.